The van der Waals surface area contributed by atoms with Crippen molar-refractivity contribution < 1.29 is 31.9 Å². The van der Waals surface area contributed by atoms with Gasteiger partial charge in [-0.3, -0.25) is 14.2 Å². The van der Waals surface area contributed by atoms with Gasteiger partial charge in [0.05, 0.1) is 23.5 Å². The van der Waals surface area contributed by atoms with Crippen LogP contribution in [0.3, 0.4) is 0 Å². The predicted octanol–water partition coefficient (Wildman–Crippen LogP) is 4.73. The van der Waals surface area contributed by atoms with Gasteiger partial charge in [-0.25, -0.2) is 14.2 Å². The fourth-order valence-electron chi connectivity index (χ4n) is 4.88. The smallest absolute Gasteiger partial charge is 0.449 e. The third kappa shape index (κ3) is 7.45. The summed E-state index contributed by atoms with van der Waals surface area (Å²) in [4.78, 5) is 44.7. The molecule has 1 atom stereocenters. The number of fused-ring (bicyclic) bond motifs is 1. The highest BCUT2D eigenvalue weighted by atomic mass is 32.2. The molecule has 1 aromatic heterocycles. The summed E-state index contributed by atoms with van der Waals surface area (Å²) in [5, 5.41) is 3.94. The Hall–Kier alpha value is -3.71. The van der Waals surface area contributed by atoms with Gasteiger partial charge < -0.3 is 15.0 Å². The van der Waals surface area contributed by atoms with Gasteiger partial charge in [-0.2, -0.15) is 13.2 Å². The molecule has 1 aliphatic carbocycles. The molecule has 0 bridgehead atoms. The number of rotatable bonds is 10. The minimum Gasteiger partial charge on any atom is -0.449 e. The van der Waals surface area contributed by atoms with Crippen LogP contribution < -0.4 is 10.9 Å². The first-order valence-electron chi connectivity index (χ1n) is 14.0. The quantitative estimate of drug-likeness (QED) is 0.152. The van der Waals surface area contributed by atoms with Crippen LogP contribution in [0.15, 0.2) is 64.5 Å². The molecule has 0 unspecified atom stereocenters. The zero-order valence-electron chi connectivity index (χ0n) is 23.1. The van der Waals surface area contributed by atoms with E-state index in [1.807, 2.05) is 30.3 Å². The number of amides is 1. The summed E-state index contributed by atoms with van der Waals surface area (Å²) >= 11 is 1.62. The van der Waals surface area contributed by atoms with Gasteiger partial charge in [0.25, 0.3) is 5.56 Å². The first-order chi connectivity index (χ1) is 20.6. The van der Waals surface area contributed by atoms with E-state index < -0.39 is 24.1 Å². The molecular weight excluding hydrogens is 588 g/mol. The van der Waals surface area contributed by atoms with Crippen molar-refractivity contribution >= 4 is 23.6 Å². The average molecular weight is 619 g/mol. The van der Waals surface area contributed by atoms with E-state index >= 15 is 0 Å². The van der Waals surface area contributed by atoms with Crippen molar-refractivity contribution in [3.8, 4) is 5.69 Å². The van der Waals surface area contributed by atoms with Crippen molar-refractivity contribution in [3.63, 3.8) is 0 Å². The van der Waals surface area contributed by atoms with Crippen molar-refractivity contribution in [2.24, 2.45) is 0 Å². The van der Waals surface area contributed by atoms with Crippen LogP contribution in [0, 0.1) is 5.82 Å². The maximum absolute atomic E-state index is 13.8. The Morgan fingerprint density at radius 3 is 2.47 bits per heavy atom. The van der Waals surface area contributed by atoms with E-state index in [1.165, 1.54) is 12.1 Å². The summed E-state index contributed by atoms with van der Waals surface area (Å²) in [5.74, 6) is -3.21. The van der Waals surface area contributed by atoms with Gasteiger partial charge in [0.15, 0.2) is 5.16 Å². The molecule has 2 aromatic carbocycles. The highest BCUT2D eigenvalue weighted by Crippen LogP contribution is 2.36. The zero-order valence-corrected chi connectivity index (χ0v) is 23.9. The SMILES string of the molecule is O=C(CCNC[C@H](OC(=O)C(F)(F)F)c1ccc(F)cc1)N1CCc2nc(SC3CCC3)n(-c3ccccc3)c(=O)c2C1. The minimum absolute atomic E-state index is 0.00535. The van der Waals surface area contributed by atoms with Gasteiger partial charge >= 0.3 is 12.1 Å². The van der Waals surface area contributed by atoms with Crippen molar-refractivity contribution in [2.75, 3.05) is 19.6 Å². The number of halogens is 4. The summed E-state index contributed by atoms with van der Waals surface area (Å²) in [6.45, 7) is 0.328. The van der Waals surface area contributed by atoms with Crippen LogP contribution in [0.1, 0.15) is 48.6 Å². The number of hydrogen-bond donors (Lipinski definition) is 1. The highest BCUT2D eigenvalue weighted by molar-refractivity contribution is 7.99. The Kier molecular flexibility index (Phi) is 9.50. The van der Waals surface area contributed by atoms with E-state index in [0.717, 1.165) is 31.4 Å². The fourth-order valence-corrected chi connectivity index (χ4v) is 6.20. The molecule has 1 amide bonds. The lowest BCUT2D eigenvalue weighted by atomic mass is 10.0. The second-order valence-electron chi connectivity index (χ2n) is 10.4. The molecule has 1 aliphatic heterocycles. The number of para-hydroxylation sites is 1. The van der Waals surface area contributed by atoms with Gasteiger partial charge in [0.2, 0.25) is 5.91 Å². The number of nitrogens with one attached hydrogen (secondary N) is 1. The number of esters is 1. The summed E-state index contributed by atoms with van der Waals surface area (Å²) in [5.41, 5.74) is 1.82. The topological polar surface area (TPSA) is 93.5 Å². The van der Waals surface area contributed by atoms with Crippen molar-refractivity contribution in [3.05, 3.63) is 87.6 Å². The molecule has 8 nitrogen and oxygen atoms in total. The molecule has 13 heteroatoms. The van der Waals surface area contributed by atoms with Crippen LogP contribution in [0.5, 0.6) is 0 Å². The van der Waals surface area contributed by atoms with Gasteiger partial charge in [-0.05, 0) is 42.7 Å². The number of thioether (sulfide) groups is 1. The Labute approximate surface area is 249 Å². The minimum atomic E-state index is -5.19. The molecule has 228 valence electrons. The second-order valence-corrected chi connectivity index (χ2v) is 11.7. The van der Waals surface area contributed by atoms with E-state index in [-0.39, 0.29) is 43.1 Å². The molecule has 1 saturated carbocycles. The summed E-state index contributed by atoms with van der Waals surface area (Å²) in [6, 6.07) is 13.8. The Morgan fingerprint density at radius 1 is 1.09 bits per heavy atom. The second kappa shape index (κ2) is 13.3. The number of hydrogen-bond acceptors (Lipinski definition) is 7. The molecular formula is C30H30F4N4O4S. The molecule has 5 rings (SSSR count). The van der Waals surface area contributed by atoms with Crippen molar-refractivity contribution in [2.45, 2.75) is 61.3 Å². The third-order valence-corrected chi connectivity index (χ3v) is 8.75. The summed E-state index contributed by atoms with van der Waals surface area (Å²) < 4.78 is 58.0. The molecule has 2 heterocycles. The molecule has 1 N–H and O–H groups in total. The first kappa shape index (κ1) is 30.7. The van der Waals surface area contributed by atoms with Gasteiger partial charge in [-0.15, -0.1) is 0 Å². The third-order valence-electron chi connectivity index (χ3n) is 7.46. The Bertz CT molecular complexity index is 1510. The van der Waals surface area contributed by atoms with Gasteiger partial charge in [0, 0.05) is 37.7 Å². The van der Waals surface area contributed by atoms with Crippen molar-refractivity contribution in [1.82, 2.24) is 19.8 Å². The normalized spacial score (nSPS) is 15.9. The lowest BCUT2D eigenvalue weighted by Gasteiger charge is -2.30. The van der Waals surface area contributed by atoms with E-state index in [4.69, 9.17) is 4.98 Å². The van der Waals surface area contributed by atoms with Crippen molar-refractivity contribution in [1.29, 1.82) is 0 Å². The standard InChI is InChI=1S/C30H30F4N4O4S/c31-20-11-9-19(10-12-20)25(42-28(41)30(32,33)34)17-35-15-13-26(39)37-16-14-24-23(18-37)27(40)38(21-5-2-1-3-6-21)29(36-24)43-22-7-4-8-22/h1-3,5-6,9-12,22,25,35H,4,7-8,13-18H2/t25-/m0/s1. The Morgan fingerprint density at radius 2 is 1.81 bits per heavy atom. The number of carbonyl (C=O) groups is 2. The maximum atomic E-state index is 13.8. The largest absolute Gasteiger partial charge is 0.490 e. The lowest BCUT2D eigenvalue weighted by Crippen LogP contribution is -2.42. The molecule has 1 fully saturated rings. The molecule has 0 radical (unpaired) electrons. The van der Waals surface area contributed by atoms with Gasteiger partial charge in [-0.1, -0.05) is 48.5 Å². The lowest BCUT2D eigenvalue weighted by molar-refractivity contribution is -0.205. The predicted molar refractivity (Wildman–Crippen MR) is 151 cm³/mol. The molecule has 43 heavy (non-hydrogen) atoms. The summed E-state index contributed by atoms with van der Waals surface area (Å²) in [6.07, 6.45) is -2.79. The van der Waals surface area contributed by atoms with E-state index in [2.05, 4.69) is 10.1 Å². The fraction of sp³-hybridized carbons (Fsp3) is 0.400. The number of benzene rings is 2. The van der Waals surface area contributed by atoms with Crippen LogP contribution in [-0.4, -0.2) is 57.4 Å². The Balaban J connectivity index is 1.23. The molecule has 0 spiro atoms. The highest BCUT2D eigenvalue weighted by Gasteiger charge is 2.42. The van der Waals surface area contributed by atoms with Crippen LogP contribution in [0.25, 0.3) is 5.69 Å². The molecule has 3 aromatic rings. The number of alkyl halides is 3. The number of aromatic nitrogens is 2. The van der Waals surface area contributed by atoms with E-state index in [1.54, 1.807) is 21.2 Å². The molecule has 0 saturated heterocycles. The number of carbonyl (C=O) groups excluding carboxylic acids is 2. The van der Waals surface area contributed by atoms with Crippen LogP contribution in [-0.2, 0) is 27.3 Å². The zero-order chi connectivity index (χ0) is 30.6. The maximum Gasteiger partial charge on any atom is 0.490 e. The van der Waals surface area contributed by atoms with E-state index in [0.29, 0.717) is 40.3 Å². The average Bonchev–Trinajstić information content (AvgIpc) is 2.96. The van der Waals surface area contributed by atoms with Crippen LogP contribution in [0.2, 0.25) is 0 Å². The van der Waals surface area contributed by atoms with Crippen LogP contribution >= 0.6 is 11.8 Å². The number of ether oxygens (including phenoxy) is 1. The van der Waals surface area contributed by atoms with E-state index in [9.17, 15) is 31.9 Å². The summed E-state index contributed by atoms with van der Waals surface area (Å²) in [7, 11) is 0. The first-order valence-corrected chi connectivity index (χ1v) is 14.9. The van der Waals surface area contributed by atoms with Gasteiger partial charge in [0.1, 0.15) is 11.9 Å². The monoisotopic (exact) mass is 618 g/mol. The number of nitrogens with zero attached hydrogens (tertiary/aromatic N) is 3. The van der Waals surface area contributed by atoms with Crippen LogP contribution in [0.4, 0.5) is 17.6 Å². The molecule has 2 aliphatic rings.